The molecule has 0 aliphatic rings. The van der Waals surface area contributed by atoms with E-state index in [1.807, 2.05) is 0 Å². The zero-order chi connectivity index (χ0) is 36.6. The molecule has 0 radical (unpaired) electrons. The number of carbonyl (C=O) groups excluding carboxylic acids is 2. The van der Waals surface area contributed by atoms with Crippen LogP contribution in [0.2, 0.25) is 0 Å². The van der Waals surface area contributed by atoms with Crippen LogP contribution in [0.15, 0.2) is 125 Å². The van der Waals surface area contributed by atoms with Crippen molar-refractivity contribution in [3.63, 3.8) is 0 Å². The maximum absolute atomic E-state index is 12.8. The van der Waals surface area contributed by atoms with Crippen molar-refractivity contribution in [2.45, 2.75) is 16.7 Å². The molecule has 5 rings (SSSR count). The van der Waals surface area contributed by atoms with E-state index in [0.29, 0.717) is 39.8 Å². The fraction of sp³-hybridized carbons (Fsp3) is 0.0857. The average molecular weight is 733 g/mol. The Morgan fingerprint density at radius 2 is 0.824 bits per heavy atom. The quantitative estimate of drug-likeness (QED) is 0.0990. The number of aryl methyl sites for hydroxylation is 1. The number of amides is 4. The van der Waals surface area contributed by atoms with Gasteiger partial charge in [0.15, 0.2) is 0 Å². The summed E-state index contributed by atoms with van der Waals surface area (Å²) in [7, 11) is -5.23. The number of ether oxygens (including phenoxy) is 2. The minimum atomic E-state index is -4.09. The monoisotopic (exact) mass is 732 g/mol. The summed E-state index contributed by atoms with van der Waals surface area (Å²) in [5.41, 5.74) is 2.22. The van der Waals surface area contributed by atoms with Crippen LogP contribution < -0.4 is 39.1 Å². The van der Waals surface area contributed by atoms with Gasteiger partial charge in [0.05, 0.1) is 14.2 Å². The van der Waals surface area contributed by atoms with E-state index in [1.165, 1.54) is 111 Å². The van der Waals surface area contributed by atoms with Crippen molar-refractivity contribution >= 4 is 55.0 Å². The van der Waals surface area contributed by atoms with Crippen molar-refractivity contribution in [2.24, 2.45) is 0 Å². The lowest BCUT2D eigenvalue weighted by molar-refractivity contribution is 0.261. The Bertz CT molecular complexity index is 2230. The van der Waals surface area contributed by atoms with Crippen LogP contribution in [0.3, 0.4) is 0 Å². The summed E-state index contributed by atoms with van der Waals surface area (Å²) < 4.78 is 70.8. The van der Waals surface area contributed by atoms with Gasteiger partial charge in [-0.3, -0.25) is 0 Å². The van der Waals surface area contributed by atoms with Crippen LogP contribution in [0, 0.1) is 6.92 Å². The number of urea groups is 2. The third-order valence-electron chi connectivity index (χ3n) is 7.08. The summed E-state index contributed by atoms with van der Waals surface area (Å²) in [5.74, 6) is 1.10. The van der Waals surface area contributed by atoms with Crippen molar-refractivity contribution in [1.29, 1.82) is 0 Å². The molecular formula is C35H32N4O10S2. The van der Waals surface area contributed by atoms with Gasteiger partial charge in [0.1, 0.15) is 32.8 Å². The van der Waals surface area contributed by atoms with Crippen molar-refractivity contribution in [3.8, 4) is 23.0 Å². The van der Waals surface area contributed by atoms with Gasteiger partial charge in [0.2, 0.25) is 0 Å². The number of anilines is 4. The van der Waals surface area contributed by atoms with Crippen LogP contribution in [0.1, 0.15) is 5.56 Å². The van der Waals surface area contributed by atoms with Crippen LogP contribution in [-0.2, 0) is 20.2 Å². The van der Waals surface area contributed by atoms with Gasteiger partial charge >= 0.3 is 32.3 Å². The molecule has 0 aliphatic heterocycles. The molecule has 5 aromatic rings. The number of hydrogen-bond donors (Lipinski definition) is 4. The Labute approximate surface area is 294 Å². The number of hydrogen-bond acceptors (Lipinski definition) is 10. The Balaban J connectivity index is 1.13. The SMILES string of the molecule is COc1ccc(S(=O)(=O)Oc2ccc(NC(=O)Nc3ccc(C)c(NC(=O)Nc4ccc(OS(=O)(=O)c5ccc(OC)cc5)cc4)c3)cc2)cc1. The zero-order valence-corrected chi connectivity index (χ0v) is 29.0. The highest BCUT2D eigenvalue weighted by atomic mass is 32.2. The maximum atomic E-state index is 12.8. The minimum absolute atomic E-state index is 0.0461. The van der Waals surface area contributed by atoms with Crippen LogP contribution in [0.25, 0.3) is 0 Å². The molecular weight excluding hydrogens is 701 g/mol. The van der Waals surface area contributed by atoms with E-state index in [1.54, 1.807) is 25.1 Å². The van der Waals surface area contributed by atoms with Gasteiger partial charge in [0, 0.05) is 22.7 Å². The fourth-order valence-electron chi connectivity index (χ4n) is 4.43. The highest BCUT2D eigenvalue weighted by Crippen LogP contribution is 2.25. The maximum Gasteiger partial charge on any atom is 0.339 e. The molecule has 5 aromatic carbocycles. The van der Waals surface area contributed by atoms with Crippen LogP contribution in [-0.4, -0.2) is 43.1 Å². The van der Waals surface area contributed by atoms with Gasteiger partial charge in [-0.1, -0.05) is 6.07 Å². The zero-order valence-electron chi connectivity index (χ0n) is 27.4. The second-order valence-corrected chi connectivity index (χ2v) is 13.8. The summed E-state index contributed by atoms with van der Waals surface area (Å²) in [5, 5.41) is 10.7. The first-order chi connectivity index (χ1) is 24.3. The summed E-state index contributed by atoms with van der Waals surface area (Å²) in [6.45, 7) is 1.77. The molecule has 4 amide bonds. The van der Waals surface area contributed by atoms with Gasteiger partial charge < -0.3 is 39.1 Å². The number of methoxy groups -OCH3 is 2. The van der Waals surface area contributed by atoms with Gasteiger partial charge in [-0.2, -0.15) is 16.8 Å². The third kappa shape index (κ3) is 9.68. The third-order valence-corrected chi connectivity index (χ3v) is 9.60. The summed E-state index contributed by atoms with van der Waals surface area (Å²) >= 11 is 0. The average Bonchev–Trinajstić information content (AvgIpc) is 3.11. The van der Waals surface area contributed by atoms with Crippen molar-refractivity contribution in [3.05, 3.63) is 121 Å². The Hall–Kier alpha value is -6.26. The molecule has 0 aromatic heterocycles. The van der Waals surface area contributed by atoms with E-state index >= 15 is 0 Å². The molecule has 4 N–H and O–H groups in total. The van der Waals surface area contributed by atoms with Crippen molar-refractivity contribution in [1.82, 2.24) is 0 Å². The largest absolute Gasteiger partial charge is 0.497 e. The molecule has 264 valence electrons. The lowest BCUT2D eigenvalue weighted by Crippen LogP contribution is -2.21. The fourth-order valence-corrected chi connectivity index (χ4v) is 6.29. The molecule has 0 aliphatic carbocycles. The van der Waals surface area contributed by atoms with E-state index in [9.17, 15) is 26.4 Å². The Kier molecular flexibility index (Phi) is 11.0. The number of nitrogens with one attached hydrogen (secondary N) is 4. The summed E-state index contributed by atoms with van der Waals surface area (Å²) in [6, 6.07) is 26.7. The predicted octanol–water partition coefficient (Wildman–Crippen LogP) is 6.84. The molecule has 0 saturated carbocycles. The molecule has 51 heavy (non-hydrogen) atoms. The number of carbonyl (C=O) groups is 2. The van der Waals surface area contributed by atoms with Gasteiger partial charge in [-0.05, 0) is 122 Å². The van der Waals surface area contributed by atoms with E-state index in [2.05, 4.69) is 21.3 Å². The molecule has 0 spiro atoms. The normalized spacial score (nSPS) is 11.1. The van der Waals surface area contributed by atoms with E-state index in [-0.39, 0.29) is 21.3 Å². The van der Waals surface area contributed by atoms with Crippen LogP contribution in [0.5, 0.6) is 23.0 Å². The van der Waals surface area contributed by atoms with E-state index in [4.69, 9.17) is 17.8 Å². The number of benzene rings is 5. The van der Waals surface area contributed by atoms with Crippen LogP contribution in [0.4, 0.5) is 32.3 Å². The Morgan fingerprint density at radius 1 is 0.471 bits per heavy atom. The second kappa shape index (κ2) is 15.5. The smallest absolute Gasteiger partial charge is 0.339 e. The standard InChI is InChI=1S/C35H32N4O10S2/c1-23-4-5-26(38-34(40)36-24-6-10-29(11-7-24)48-50(42,43)31-18-14-27(46-2)15-19-31)22-33(23)39-35(41)37-25-8-12-30(13-9-25)49-51(44,45)32-20-16-28(47-3)17-21-32/h4-22H,1-3H3,(H2,36,38,40)(H2,37,39,41). The van der Waals surface area contributed by atoms with Crippen LogP contribution >= 0.6 is 0 Å². The van der Waals surface area contributed by atoms with Gasteiger partial charge in [0.25, 0.3) is 0 Å². The van der Waals surface area contributed by atoms with Gasteiger partial charge in [-0.25, -0.2) is 9.59 Å². The Morgan fingerprint density at radius 3 is 1.24 bits per heavy atom. The lowest BCUT2D eigenvalue weighted by atomic mass is 10.2. The summed E-state index contributed by atoms with van der Waals surface area (Å²) in [4.78, 5) is 25.4. The lowest BCUT2D eigenvalue weighted by Gasteiger charge is -2.13. The summed E-state index contributed by atoms with van der Waals surface area (Å²) in [6.07, 6.45) is 0. The molecule has 0 atom stereocenters. The highest BCUT2D eigenvalue weighted by Gasteiger charge is 2.18. The number of rotatable bonds is 12. The first kappa shape index (κ1) is 36.0. The molecule has 14 nitrogen and oxygen atoms in total. The van der Waals surface area contributed by atoms with E-state index in [0.717, 1.165) is 0 Å². The molecule has 0 saturated heterocycles. The van der Waals surface area contributed by atoms with E-state index < -0.39 is 32.3 Å². The minimum Gasteiger partial charge on any atom is -0.497 e. The topological polar surface area (TPSA) is 187 Å². The molecule has 0 fully saturated rings. The second-order valence-electron chi connectivity index (χ2n) is 10.7. The van der Waals surface area contributed by atoms with Crippen molar-refractivity contribution in [2.75, 3.05) is 35.5 Å². The molecule has 16 heteroatoms. The molecule has 0 heterocycles. The first-order valence-electron chi connectivity index (χ1n) is 15.0. The highest BCUT2D eigenvalue weighted by molar-refractivity contribution is 7.87. The van der Waals surface area contributed by atoms with Gasteiger partial charge in [-0.15, -0.1) is 0 Å². The molecule has 0 unspecified atom stereocenters. The first-order valence-corrected chi connectivity index (χ1v) is 17.8. The van der Waals surface area contributed by atoms with Crippen molar-refractivity contribution < 1.29 is 44.3 Å². The predicted molar refractivity (Wildman–Crippen MR) is 191 cm³/mol. The molecule has 0 bridgehead atoms.